The zero-order chi connectivity index (χ0) is 21.4. The molecule has 7 nitrogen and oxygen atoms in total. The predicted molar refractivity (Wildman–Crippen MR) is 123 cm³/mol. The second-order valence-corrected chi connectivity index (χ2v) is 10.1. The first kappa shape index (κ1) is 20.0. The second-order valence-electron chi connectivity index (χ2n) is 7.47. The van der Waals surface area contributed by atoms with Crippen LogP contribution in [0.25, 0.3) is 22.4 Å². The van der Waals surface area contributed by atoms with Crippen LogP contribution in [0.5, 0.6) is 0 Å². The minimum absolute atomic E-state index is 0.338. The lowest BCUT2D eigenvalue weighted by atomic mass is 10.2. The van der Waals surface area contributed by atoms with E-state index >= 15 is 0 Å². The van der Waals surface area contributed by atoms with E-state index in [1.54, 1.807) is 21.9 Å². The van der Waals surface area contributed by atoms with E-state index < -0.39 is 10.0 Å². The summed E-state index contributed by atoms with van der Waals surface area (Å²) in [5.74, 6) is 1.41. The number of anilines is 1. The van der Waals surface area contributed by atoms with Crippen LogP contribution in [0.3, 0.4) is 0 Å². The number of aromatic nitrogens is 3. The van der Waals surface area contributed by atoms with Crippen LogP contribution in [0.2, 0.25) is 0 Å². The van der Waals surface area contributed by atoms with Crippen molar-refractivity contribution in [2.24, 2.45) is 0 Å². The Bertz CT molecular complexity index is 1310. The molecule has 5 rings (SSSR count). The van der Waals surface area contributed by atoms with E-state index in [-0.39, 0.29) is 0 Å². The van der Waals surface area contributed by atoms with Gasteiger partial charge in [0.2, 0.25) is 10.0 Å². The number of thiazole rings is 1. The molecule has 0 atom stereocenters. The second kappa shape index (κ2) is 7.99. The van der Waals surface area contributed by atoms with E-state index in [1.165, 1.54) is 11.3 Å². The Labute approximate surface area is 185 Å². The molecule has 9 heteroatoms. The summed E-state index contributed by atoms with van der Waals surface area (Å²) in [6.07, 6.45) is 0. The van der Waals surface area contributed by atoms with Gasteiger partial charge < -0.3 is 4.90 Å². The summed E-state index contributed by atoms with van der Waals surface area (Å²) in [4.78, 5) is 16.3. The van der Waals surface area contributed by atoms with Crippen molar-refractivity contribution in [3.63, 3.8) is 0 Å². The SMILES string of the molecule is Cc1ccc(S(=O)(=O)N2CCN(c3nc(-c4cscn4)nc4ccccc34)CC2)cc1. The van der Waals surface area contributed by atoms with Gasteiger partial charge in [-0.3, -0.25) is 0 Å². The molecule has 0 spiro atoms. The fourth-order valence-electron chi connectivity index (χ4n) is 3.74. The molecule has 0 amide bonds. The smallest absolute Gasteiger partial charge is 0.243 e. The molecule has 0 bridgehead atoms. The Morgan fingerprint density at radius 1 is 0.935 bits per heavy atom. The lowest BCUT2D eigenvalue weighted by Crippen LogP contribution is -2.49. The topological polar surface area (TPSA) is 79.3 Å². The quantitative estimate of drug-likeness (QED) is 0.472. The summed E-state index contributed by atoms with van der Waals surface area (Å²) in [6, 6.07) is 14.9. The summed E-state index contributed by atoms with van der Waals surface area (Å²) in [7, 11) is -3.51. The lowest BCUT2D eigenvalue weighted by Gasteiger charge is -2.35. The van der Waals surface area contributed by atoms with Crippen LogP contribution in [0.15, 0.2) is 64.3 Å². The Morgan fingerprint density at radius 3 is 2.39 bits per heavy atom. The van der Waals surface area contributed by atoms with Gasteiger partial charge in [0.05, 0.1) is 15.9 Å². The van der Waals surface area contributed by atoms with Gasteiger partial charge in [0.25, 0.3) is 0 Å². The maximum Gasteiger partial charge on any atom is 0.243 e. The van der Waals surface area contributed by atoms with Crippen LogP contribution < -0.4 is 4.90 Å². The van der Waals surface area contributed by atoms with Crippen molar-refractivity contribution in [3.8, 4) is 11.5 Å². The van der Waals surface area contributed by atoms with Crippen LogP contribution in [0.4, 0.5) is 5.82 Å². The average molecular weight is 452 g/mol. The predicted octanol–water partition coefficient (Wildman–Crippen LogP) is 3.57. The van der Waals surface area contributed by atoms with Crippen molar-refractivity contribution >= 4 is 38.1 Å². The van der Waals surface area contributed by atoms with Crippen LogP contribution in [0.1, 0.15) is 5.56 Å². The molecule has 0 unspecified atom stereocenters. The molecular weight excluding hydrogens is 430 g/mol. The molecule has 1 saturated heterocycles. The van der Waals surface area contributed by atoms with E-state index in [0.717, 1.165) is 28.0 Å². The monoisotopic (exact) mass is 451 g/mol. The Balaban J connectivity index is 1.43. The van der Waals surface area contributed by atoms with Crippen molar-refractivity contribution in [1.29, 1.82) is 0 Å². The molecule has 4 aromatic rings. The molecule has 1 aliphatic rings. The van der Waals surface area contributed by atoms with Crippen LogP contribution in [-0.4, -0.2) is 53.9 Å². The van der Waals surface area contributed by atoms with E-state index in [0.29, 0.717) is 36.9 Å². The largest absolute Gasteiger partial charge is 0.353 e. The normalized spacial score (nSPS) is 15.5. The number of para-hydroxylation sites is 1. The highest BCUT2D eigenvalue weighted by molar-refractivity contribution is 7.89. The minimum atomic E-state index is -3.51. The van der Waals surface area contributed by atoms with Crippen LogP contribution in [-0.2, 0) is 10.0 Å². The molecule has 1 fully saturated rings. The molecular formula is C22H21N5O2S2. The van der Waals surface area contributed by atoms with Crippen molar-refractivity contribution < 1.29 is 8.42 Å². The van der Waals surface area contributed by atoms with Gasteiger partial charge in [-0.15, -0.1) is 11.3 Å². The zero-order valence-corrected chi connectivity index (χ0v) is 18.6. The molecule has 158 valence electrons. The molecule has 2 aromatic carbocycles. The Kier molecular flexibility index (Phi) is 5.17. The molecule has 31 heavy (non-hydrogen) atoms. The van der Waals surface area contributed by atoms with Gasteiger partial charge in [-0.25, -0.2) is 23.4 Å². The summed E-state index contributed by atoms with van der Waals surface area (Å²) in [6.45, 7) is 3.87. The minimum Gasteiger partial charge on any atom is -0.353 e. The Hall–Kier alpha value is -2.88. The van der Waals surface area contributed by atoms with Crippen LogP contribution >= 0.6 is 11.3 Å². The van der Waals surface area contributed by atoms with Gasteiger partial charge in [-0.05, 0) is 31.2 Å². The number of nitrogens with zero attached hydrogens (tertiary/aromatic N) is 5. The van der Waals surface area contributed by atoms with Crippen LogP contribution in [0, 0.1) is 6.92 Å². The van der Waals surface area contributed by atoms with Crippen molar-refractivity contribution in [1.82, 2.24) is 19.3 Å². The molecule has 3 heterocycles. The average Bonchev–Trinajstić information content (AvgIpc) is 3.34. The van der Waals surface area contributed by atoms with Gasteiger partial charge in [0, 0.05) is 36.9 Å². The summed E-state index contributed by atoms with van der Waals surface area (Å²) in [5, 5.41) is 2.89. The third-order valence-electron chi connectivity index (χ3n) is 5.44. The first-order valence-electron chi connectivity index (χ1n) is 9.99. The fourth-order valence-corrected chi connectivity index (χ4v) is 5.69. The number of piperazine rings is 1. The van der Waals surface area contributed by atoms with E-state index in [2.05, 4.69) is 14.9 Å². The first-order chi connectivity index (χ1) is 15.0. The van der Waals surface area contributed by atoms with Gasteiger partial charge >= 0.3 is 0 Å². The lowest BCUT2D eigenvalue weighted by molar-refractivity contribution is 0.384. The maximum absolute atomic E-state index is 13.0. The highest BCUT2D eigenvalue weighted by atomic mass is 32.2. The third-order valence-corrected chi connectivity index (χ3v) is 7.94. The summed E-state index contributed by atoms with van der Waals surface area (Å²) < 4.78 is 27.6. The van der Waals surface area contributed by atoms with Crippen molar-refractivity contribution in [2.75, 3.05) is 31.1 Å². The number of fused-ring (bicyclic) bond motifs is 1. The number of rotatable bonds is 4. The van der Waals surface area contributed by atoms with E-state index in [1.807, 2.05) is 48.7 Å². The number of benzene rings is 2. The van der Waals surface area contributed by atoms with Crippen molar-refractivity contribution in [2.45, 2.75) is 11.8 Å². The Morgan fingerprint density at radius 2 is 1.68 bits per heavy atom. The zero-order valence-electron chi connectivity index (χ0n) is 17.0. The number of hydrogen-bond acceptors (Lipinski definition) is 7. The maximum atomic E-state index is 13.0. The molecule has 0 saturated carbocycles. The molecule has 1 aliphatic heterocycles. The number of hydrogen-bond donors (Lipinski definition) is 0. The highest BCUT2D eigenvalue weighted by Crippen LogP contribution is 2.29. The number of aryl methyl sites for hydroxylation is 1. The van der Waals surface area contributed by atoms with E-state index in [4.69, 9.17) is 4.98 Å². The number of sulfonamides is 1. The van der Waals surface area contributed by atoms with Crippen molar-refractivity contribution in [3.05, 3.63) is 65.0 Å². The fraction of sp³-hybridized carbons (Fsp3) is 0.227. The molecule has 0 aliphatic carbocycles. The highest BCUT2D eigenvalue weighted by Gasteiger charge is 2.29. The van der Waals surface area contributed by atoms with Gasteiger partial charge in [-0.1, -0.05) is 29.8 Å². The molecule has 0 N–H and O–H groups in total. The van der Waals surface area contributed by atoms with E-state index in [9.17, 15) is 8.42 Å². The molecule has 2 aromatic heterocycles. The van der Waals surface area contributed by atoms with Gasteiger partial charge in [0.1, 0.15) is 11.5 Å². The molecule has 0 radical (unpaired) electrons. The standard InChI is InChI=1S/C22H21N5O2S2/c1-16-6-8-17(9-7-16)31(28,29)27-12-10-26(11-13-27)22-18-4-2-3-5-19(18)24-21(25-22)20-14-30-15-23-20/h2-9,14-15H,10-13H2,1H3. The third kappa shape index (κ3) is 3.80. The summed E-state index contributed by atoms with van der Waals surface area (Å²) in [5.41, 5.74) is 4.40. The van der Waals surface area contributed by atoms with Gasteiger partial charge in [-0.2, -0.15) is 4.31 Å². The first-order valence-corrected chi connectivity index (χ1v) is 12.4. The summed E-state index contributed by atoms with van der Waals surface area (Å²) >= 11 is 1.50. The van der Waals surface area contributed by atoms with Gasteiger partial charge in [0.15, 0.2) is 5.82 Å².